The third-order valence-corrected chi connectivity index (χ3v) is 12.0. The molecule has 4 rings (SSSR count). The SMILES string of the molecule is COC(=O)[C@]1(O)C[C@H](N2CCN(C(=O)N3CCN([C@H]4C[C@H](O)O[C@@H]([C@H](OC(C)=O)[C@@H](COC(C)=O)OC(C)=O)[C@@H]4NC(C)=O)CC3)CC2)[C@@H](NC(C)=O)[C@H]([C@H](OC(C)=O)[C@@H](COC(C)=O)OC(C)=O)O1. The monoisotopic (exact) mass is 1000 g/mol. The van der Waals surface area contributed by atoms with E-state index in [0.717, 1.165) is 48.7 Å². The molecule has 4 fully saturated rings. The Bertz CT molecular complexity index is 1930. The number of urea groups is 1. The molecule has 0 unspecified atom stereocenters. The van der Waals surface area contributed by atoms with Crippen molar-refractivity contribution in [3.05, 3.63) is 0 Å². The Hall–Kier alpha value is -5.74. The number of carbonyl (C=O) groups excluding carboxylic acids is 10. The van der Waals surface area contributed by atoms with Crippen molar-refractivity contribution < 1.29 is 101 Å². The average Bonchev–Trinajstić information content (AvgIpc) is 3.27. The molecule has 4 aliphatic rings. The van der Waals surface area contributed by atoms with Gasteiger partial charge in [0, 0.05) is 133 Å². The van der Waals surface area contributed by atoms with Crippen molar-refractivity contribution in [1.29, 1.82) is 0 Å². The molecule has 4 heterocycles. The Morgan fingerprint density at radius 2 is 0.986 bits per heavy atom. The summed E-state index contributed by atoms with van der Waals surface area (Å²) in [6.07, 6.45) is -11.0. The Kier molecular flexibility index (Phi) is 20.6. The molecular formula is C43H66N6O21. The quantitative estimate of drug-likeness (QED) is 0.0819. The van der Waals surface area contributed by atoms with E-state index in [2.05, 4.69) is 10.6 Å². The van der Waals surface area contributed by atoms with Crippen LogP contribution < -0.4 is 10.6 Å². The van der Waals surface area contributed by atoms with Gasteiger partial charge in [0.1, 0.15) is 25.4 Å². The minimum absolute atomic E-state index is 0.0256. The van der Waals surface area contributed by atoms with Crippen LogP contribution in [0, 0.1) is 0 Å². The first-order valence-corrected chi connectivity index (χ1v) is 22.7. The number of hydrogen-bond donors (Lipinski definition) is 4. The van der Waals surface area contributed by atoms with Gasteiger partial charge in [-0.05, 0) is 0 Å². The summed E-state index contributed by atoms with van der Waals surface area (Å²) >= 11 is 0. The molecule has 27 heteroatoms. The third-order valence-electron chi connectivity index (χ3n) is 12.0. The molecule has 0 aromatic carbocycles. The van der Waals surface area contributed by atoms with E-state index in [1.807, 2.05) is 4.90 Å². The second-order valence-electron chi connectivity index (χ2n) is 17.3. The maximum absolute atomic E-state index is 14.1. The van der Waals surface area contributed by atoms with Crippen molar-refractivity contribution >= 4 is 59.6 Å². The number of nitrogens with one attached hydrogen (secondary N) is 2. The molecule has 0 bridgehead atoms. The molecule has 4 saturated heterocycles. The lowest BCUT2D eigenvalue weighted by Crippen LogP contribution is -2.72. The van der Waals surface area contributed by atoms with E-state index in [0.29, 0.717) is 0 Å². The fourth-order valence-corrected chi connectivity index (χ4v) is 9.27. The minimum atomic E-state index is -2.71. The highest BCUT2D eigenvalue weighted by molar-refractivity contribution is 5.78. The van der Waals surface area contributed by atoms with Crippen LogP contribution >= 0.6 is 0 Å². The van der Waals surface area contributed by atoms with E-state index in [-0.39, 0.29) is 64.8 Å². The molecule has 70 heavy (non-hydrogen) atoms. The van der Waals surface area contributed by atoms with Crippen LogP contribution in [0.1, 0.15) is 68.2 Å². The number of amides is 4. The number of rotatable bonds is 17. The van der Waals surface area contributed by atoms with Crippen LogP contribution in [-0.2, 0) is 85.8 Å². The maximum Gasteiger partial charge on any atom is 0.366 e. The van der Waals surface area contributed by atoms with E-state index >= 15 is 0 Å². The zero-order valence-electron chi connectivity index (χ0n) is 40.8. The molecule has 0 saturated carbocycles. The van der Waals surface area contributed by atoms with Gasteiger partial charge in [-0.3, -0.25) is 48.2 Å². The normalized spacial score (nSPS) is 28.0. The Morgan fingerprint density at radius 3 is 1.37 bits per heavy atom. The molecular weight excluding hydrogens is 936 g/mol. The number of piperazine rings is 2. The van der Waals surface area contributed by atoms with Gasteiger partial charge in [0.2, 0.25) is 11.8 Å². The van der Waals surface area contributed by atoms with Crippen molar-refractivity contribution in [2.45, 2.75) is 141 Å². The van der Waals surface area contributed by atoms with Gasteiger partial charge in [0.15, 0.2) is 30.7 Å². The van der Waals surface area contributed by atoms with E-state index in [1.165, 1.54) is 13.8 Å². The van der Waals surface area contributed by atoms with Crippen molar-refractivity contribution in [3.8, 4) is 0 Å². The fraction of sp³-hybridized carbons (Fsp3) is 0.767. The summed E-state index contributed by atoms with van der Waals surface area (Å²) in [5.41, 5.74) is 0. The van der Waals surface area contributed by atoms with Gasteiger partial charge in [-0.15, -0.1) is 0 Å². The highest BCUT2D eigenvalue weighted by atomic mass is 16.7. The summed E-state index contributed by atoms with van der Waals surface area (Å²) in [6, 6.07) is -4.14. The van der Waals surface area contributed by atoms with Gasteiger partial charge in [-0.25, -0.2) is 9.59 Å². The standard InChI is InChI=1S/C43H66N6O21/c1-22(50)44-35-30(18-34(58)69-39(35)37(67-28(7)56)32(65-26(5)54)20-63-24(3)52)46-10-14-48(15-11-46)42(60)49-16-12-47(13-17-49)31-19-43(61,41(59)62-9)70-40(36(31)45-23(2)51)38(68-29(8)57)33(66-27(6)55)21-64-25(4)53/h30-40,58,61H,10-21H2,1-9H3,(H,44,50)(H,45,51)/t30-,31-,32+,33+,34+,35+,36+,37+,38+,39+,40+,43-/m0/s1. The van der Waals surface area contributed by atoms with E-state index in [1.54, 1.807) is 14.7 Å². The van der Waals surface area contributed by atoms with Crippen LogP contribution in [0.3, 0.4) is 0 Å². The number of esters is 7. The van der Waals surface area contributed by atoms with E-state index < -0.39 is 146 Å². The number of carbonyl (C=O) groups is 10. The topological polar surface area (TPSA) is 331 Å². The summed E-state index contributed by atoms with van der Waals surface area (Å²) in [5, 5.41) is 28.4. The smallest absolute Gasteiger partial charge is 0.366 e. The van der Waals surface area contributed by atoms with Crippen LogP contribution in [0.4, 0.5) is 4.79 Å². The Morgan fingerprint density at radius 1 is 0.586 bits per heavy atom. The lowest BCUT2D eigenvalue weighted by molar-refractivity contribution is -0.293. The second kappa shape index (κ2) is 25.4. The molecule has 4 amide bonds. The molecule has 0 aromatic heterocycles. The first kappa shape index (κ1) is 56.8. The second-order valence-corrected chi connectivity index (χ2v) is 17.3. The van der Waals surface area contributed by atoms with Crippen molar-refractivity contribution in [2.75, 3.05) is 72.7 Å². The Balaban J connectivity index is 1.55. The molecule has 394 valence electrons. The van der Waals surface area contributed by atoms with Gasteiger partial charge >= 0.3 is 47.8 Å². The van der Waals surface area contributed by atoms with Crippen molar-refractivity contribution in [2.24, 2.45) is 0 Å². The van der Waals surface area contributed by atoms with Gasteiger partial charge in [-0.1, -0.05) is 0 Å². The summed E-state index contributed by atoms with van der Waals surface area (Å²) in [6.45, 7) is 9.14. The van der Waals surface area contributed by atoms with Crippen LogP contribution in [0.25, 0.3) is 0 Å². The minimum Gasteiger partial charge on any atom is -0.465 e. The molecule has 12 atom stereocenters. The zero-order valence-corrected chi connectivity index (χ0v) is 40.8. The number of hydrogen-bond acceptors (Lipinski definition) is 23. The van der Waals surface area contributed by atoms with Gasteiger partial charge in [-0.2, -0.15) is 0 Å². The van der Waals surface area contributed by atoms with Crippen LogP contribution in [0.15, 0.2) is 0 Å². The summed E-state index contributed by atoms with van der Waals surface area (Å²) in [5.74, 6) is -9.92. The highest BCUT2D eigenvalue weighted by Gasteiger charge is 2.58. The zero-order chi connectivity index (χ0) is 52.2. The molecule has 0 radical (unpaired) electrons. The van der Waals surface area contributed by atoms with E-state index in [4.69, 9.17) is 42.6 Å². The lowest BCUT2D eigenvalue weighted by atomic mass is 9.85. The largest absolute Gasteiger partial charge is 0.465 e. The first-order chi connectivity index (χ1) is 32.8. The molecule has 0 aliphatic carbocycles. The third kappa shape index (κ3) is 15.6. The number of ether oxygens (including phenoxy) is 9. The van der Waals surface area contributed by atoms with E-state index in [9.17, 15) is 58.2 Å². The maximum atomic E-state index is 14.1. The summed E-state index contributed by atoms with van der Waals surface area (Å²) in [7, 11) is 1.01. The van der Waals surface area contributed by atoms with Crippen LogP contribution in [-0.4, -0.2) is 235 Å². The average molecular weight is 1000 g/mol. The predicted molar refractivity (Wildman–Crippen MR) is 232 cm³/mol. The van der Waals surface area contributed by atoms with Crippen molar-refractivity contribution in [3.63, 3.8) is 0 Å². The number of nitrogens with zero attached hydrogens (tertiary/aromatic N) is 4. The number of aliphatic hydroxyl groups is 2. The summed E-state index contributed by atoms with van der Waals surface area (Å²) in [4.78, 5) is 133. The molecule has 4 N–H and O–H groups in total. The molecule has 0 spiro atoms. The van der Waals surface area contributed by atoms with Crippen LogP contribution in [0.5, 0.6) is 0 Å². The highest BCUT2D eigenvalue weighted by Crippen LogP contribution is 2.36. The Labute approximate surface area is 403 Å². The summed E-state index contributed by atoms with van der Waals surface area (Å²) < 4.78 is 48.9. The predicted octanol–water partition coefficient (Wildman–Crippen LogP) is -3.30. The van der Waals surface area contributed by atoms with Crippen LogP contribution in [0.2, 0.25) is 0 Å². The number of methoxy groups -OCH3 is 1. The van der Waals surface area contributed by atoms with Gasteiger partial charge in [0.05, 0.1) is 19.2 Å². The number of aliphatic hydroxyl groups excluding tert-OH is 1. The fourth-order valence-electron chi connectivity index (χ4n) is 9.27. The molecule has 4 aliphatic heterocycles. The lowest BCUT2D eigenvalue weighted by Gasteiger charge is -2.52. The molecule has 27 nitrogen and oxygen atoms in total. The first-order valence-electron chi connectivity index (χ1n) is 22.7. The molecule has 0 aromatic rings. The van der Waals surface area contributed by atoms with Crippen molar-refractivity contribution in [1.82, 2.24) is 30.2 Å². The van der Waals surface area contributed by atoms with Gasteiger partial charge < -0.3 is 73.3 Å². The van der Waals surface area contributed by atoms with Gasteiger partial charge in [0.25, 0.3) is 5.79 Å².